The molecule has 0 unspecified atom stereocenters. The van der Waals surface area contributed by atoms with Crippen LogP contribution in [0.5, 0.6) is 0 Å². The van der Waals surface area contributed by atoms with Crippen molar-refractivity contribution in [2.75, 3.05) is 0 Å². The van der Waals surface area contributed by atoms with E-state index >= 15 is 0 Å². The molecule has 3 aromatic rings. The Bertz CT molecular complexity index is 700. The highest BCUT2D eigenvalue weighted by molar-refractivity contribution is 6.33. The van der Waals surface area contributed by atoms with E-state index in [2.05, 4.69) is 9.97 Å². The first-order chi connectivity index (χ1) is 8.65. The van der Waals surface area contributed by atoms with E-state index in [1.165, 1.54) is 12.3 Å². The number of fused-ring (bicyclic) bond motifs is 1. The molecule has 90 valence electrons. The number of hydrogen-bond donors (Lipinski definition) is 0. The molecule has 2 heterocycles. The van der Waals surface area contributed by atoms with Crippen molar-refractivity contribution in [3.8, 4) is 11.5 Å². The summed E-state index contributed by atoms with van der Waals surface area (Å²) in [5.41, 5.74) is 2.18. The van der Waals surface area contributed by atoms with Crippen LogP contribution in [0, 0.1) is 12.7 Å². The number of halogens is 2. The summed E-state index contributed by atoms with van der Waals surface area (Å²) in [4.78, 5) is 8.19. The van der Waals surface area contributed by atoms with E-state index in [0.717, 1.165) is 0 Å². The summed E-state index contributed by atoms with van der Waals surface area (Å²) in [5, 5.41) is 0.446. The maximum atomic E-state index is 13.4. The molecular formula is C13H8ClFN2O. The largest absolute Gasteiger partial charge is 0.436 e. The Morgan fingerprint density at radius 2 is 2.17 bits per heavy atom. The Morgan fingerprint density at radius 3 is 2.94 bits per heavy atom. The van der Waals surface area contributed by atoms with Gasteiger partial charge in [0, 0.05) is 18.5 Å². The molecular weight excluding hydrogens is 255 g/mol. The van der Waals surface area contributed by atoms with Crippen LogP contribution >= 0.6 is 11.6 Å². The van der Waals surface area contributed by atoms with Crippen LogP contribution in [-0.2, 0) is 0 Å². The van der Waals surface area contributed by atoms with E-state index in [-0.39, 0.29) is 5.82 Å². The number of benzene rings is 1. The average molecular weight is 263 g/mol. The summed E-state index contributed by atoms with van der Waals surface area (Å²) in [7, 11) is 0. The fraction of sp³-hybridized carbons (Fsp3) is 0.0769. The van der Waals surface area contributed by atoms with Crippen molar-refractivity contribution in [3.05, 3.63) is 47.0 Å². The molecule has 2 aromatic heterocycles. The zero-order valence-electron chi connectivity index (χ0n) is 9.45. The monoisotopic (exact) mass is 262 g/mol. The van der Waals surface area contributed by atoms with Crippen LogP contribution in [0.4, 0.5) is 4.39 Å². The molecule has 0 N–H and O–H groups in total. The molecule has 0 aliphatic rings. The zero-order valence-corrected chi connectivity index (χ0v) is 10.2. The predicted octanol–water partition coefficient (Wildman–Crippen LogP) is 3.99. The van der Waals surface area contributed by atoms with Crippen LogP contribution in [0.2, 0.25) is 5.02 Å². The van der Waals surface area contributed by atoms with Gasteiger partial charge in [-0.3, -0.25) is 4.98 Å². The maximum absolute atomic E-state index is 13.4. The lowest BCUT2D eigenvalue weighted by Gasteiger charge is -1.96. The van der Waals surface area contributed by atoms with E-state index in [1.807, 2.05) is 0 Å². The molecule has 0 fully saturated rings. The van der Waals surface area contributed by atoms with E-state index in [4.69, 9.17) is 16.0 Å². The van der Waals surface area contributed by atoms with Crippen molar-refractivity contribution in [3.63, 3.8) is 0 Å². The van der Waals surface area contributed by atoms with Crippen molar-refractivity contribution < 1.29 is 8.81 Å². The number of rotatable bonds is 1. The number of oxazole rings is 1. The summed E-state index contributed by atoms with van der Waals surface area (Å²) in [6, 6.07) is 4.68. The van der Waals surface area contributed by atoms with Crippen LogP contribution in [0.25, 0.3) is 22.6 Å². The number of nitrogens with zero attached hydrogens (tertiary/aromatic N) is 2. The molecule has 5 heteroatoms. The van der Waals surface area contributed by atoms with Gasteiger partial charge in [-0.05, 0) is 24.6 Å². The highest BCUT2D eigenvalue weighted by Crippen LogP contribution is 2.29. The van der Waals surface area contributed by atoms with Crippen molar-refractivity contribution in [1.29, 1.82) is 0 Å². The van der Waals surface area contributed by atoms with Crippen LogP contribution in [0.3, 0.4) is 0 Å². The maximum Gasteiger partial charge on any atom is 0.228 e. The van der Waals surface area contributed by atoms with Gasteiger partial charge in [-0.15, -0.1) is 0 Å². The molecule has 0 spiro atoms. The molecule has 18 heavy (non-hydrogen) atoms. The molecule has 0 radical (unpaired) electrons. The number of aromatic nitrogens is 2. The van der Waals surface area contributed by atoms with Crippen LogP contribution in [-0.4, -0.2) is 9.97 Å². The molecule has 0 saturated heterocycles. The van der Waals surface area contributed by atoms with Crippen molar-refractivity contribution >= 4 is 22.7 Å². The smallest absolute Gasteiger partial charge is 0.228 e. The summed E-state index contributed by atoms with van der Waals surface area (Å²) in [6.45, 7) is 1.68. The molecule has 0 atom stereocenters. The van der Waals surface area contributed by atoms with Gasteiger partial charge in [-0.25, -0.2) is 9.37 Å². The summed E-state index contributed by atoms with van der Waals surface area (Å²) < 4.78 is 18.9. The lowest BCUT2D eigenvalue weighted by atomic mass is 10.2. The first kappa shape index (κ1) is 11.2. The van der Waals surface area contributed by atoms with E-state index in [0.29, 0.717) is 33.1 Å². The third-order valence-electron chi connectivity index (χ3n) is 2.67. The highest BCUT2D eigenvalue weighted by Gasteiger charge is 2.12. The molecule has 0 aliphatic heterocycles. The average Bonchev–Trinajstić information content (AvgIpc) is 2.73. The molecule has 0 aliphatic carbocycles. The molecule has 1 aromatic carbocycles. The van der Waals surface area contributed by atoms with Gasteiger partial charge in [0.05, 0.1) is 10.6 Å². The van der Waals surface area contributed by atoms with Gasteiger partial charge in [0.1, 0.15) is 11.3 Å². The van der Waals surface area contributed by atoms with E-state index in [1.54, 1.807) is 25.3 Å². The standard InChI is InChI=1S/C13H8ClFN2O/c1-7-4-11-12(5-10(7)15)18-13(17-11)8-2-3-16-6-9(8)14/h2-6H,1H3. The van der Waals surface area contributed by atoms with Gasteiger partial charge in [-0.1, -0.05) is 11.6 Å². The highest BCUT2D eigenvalue weighted by atomic mass is 35.5. The summed E-state index contributed by atoms with van der Waals surface area (Å²) in [6.07, 6.45) is 3.11. The quantitative estimate of drug-likeness (QED) is 0.666. The minimum absolute atomic E-state index is 0.314. The fourth-order valence-electron chi connectivity index (χ4n) is 1.72. The third-order valence-corrected chi connectivity index (χ3v) is 2.97. The van der Waals surface area contributed by atoms with Crippen LogP contribution in [0.15, 0.2) is 35.0 Å². The Morgan fingerprint density at radius 1 is 1.33 bits per heavy atom. The topological polar surface area (TPSA) is 38.9 Å². The number of aryl methyl sites for hydroxylation is 1. The minimum atomic E-state index is -0.314. The second-order valence-corrected chi connectivity index (χ2v) is 4.35. The van der Waals surface area contributed by atoms with Crippen LogP contribution < -0.4 is 0 Å². The van der Waals surface area contributed by atoms with Gasteiger partial charge in [-0.2, -0.15) is 0 Å². The Hall–Kier alpha value is -1.94. The van der Waals surface area contributed by atoms with Gasteiger partial charge in [0.25, 0.3) is 0 Å². The van der Waals surface area contributed by atoms with Gasteiger partial charge in [0.2, 0.25) is 5.89 Å². The molecule has 3 nitrogen and oxygen atoms in total. The summed E-state index contributed by atoms with van der Waals surface area (Å²) >= 11 is 6.01. The lowest BCUT2D eigenvalue weighted by molar-refractivity contribution is 0.598. The Balaban J connectivity index is 2.23. The van der Waals surface area contributed by atoms with Gasteiger partial charge < -0.3 is 4.42 Å². The van der Waals surface area contributed by atoms with Crippen molar-refractivity contribution in [2.24, 2.45) is 0 Å². The SMILES string of the molecule is Cc1cc2nc(-c3ccncc3Cl)oc2cc1F. The molecule has 3 rings (SSSR count). The molecule has 0 amide bonds. The second kappa shape index (κ2) is 4.07. The van der Waals surface area contributed by atoms with Gasteiger partial charge in [0.15, 0.2) is 5.58 Å². The zero-order chi connectivity index (χ0) is 12.7. The van der Waals surface area contributed by atoms with E-state index in [9.17, 15) is 4.39 Å². The lowest BCUT2D eigenvalue weighted by Crippen LogP contribution is -1.81. The van der Waals surface area contributed by atoms with E-state index < -0.39 is 0 Å². The number of pyridine rings is 1. The summed E-state index contributed by atoms with van der Waals surface area (Å²) in [5.74, 6) is 0.0495. The molecule has 0 bridgehead atoms. The van der Waals surface area contributed by atoms with Crippen molar-refractivity contribution in [2.45, 2.75) is 6.92 Å². The Labute approximate surface area is 107 Å². The van der Waals surface area contributed by atoms with Crippen molar-refractivity contribution in [1.82, 2.24) is 9.97 Å². The third kappa shape index (κ3) is 1.75. The van der Waals surface area contributed by atoms with Crippen LogP contribution in [0.1, 0.15) is 5.56 Å². The first-order valence-electron chi connectivity index (χ1n) is 5.32. The minimum Gasteiger partial charge on any atom is -0.436 e. The predicted molar refractivity (Wildman–Crippen MR) is 66.9 cm³/mol. The number of hydrogen-bond acceptors (Lipinski definition) is 3. The second-order valence-electron chi connectivity index (χ2n) is 3.94. The molecule has 0 saturated carbocycles. The normalized spacial score (nSPS) is 11.1. The fourth-order valence-corrected chi connectivity index (χ4v) is 1.92. The Kier molecular flexibility index (Phi) is 2.52. The van der Waals surface area contributed by atoms with Gasteiger partial charge >= 0.3 is 0 Å². The first-order valence-corrected chi connectivity index (χ1v) is 5.69.